The summed E-state index contributed by atoms with van der Waals surface area (Å²) in [6.45, 7) is 0. The Balaban J connectivity index is 3.57. The summed E-state index contributed by atoms with van der Waals surface area (Å²) in [5.41, 5.74) is -3.99. The predicted molar refractivity (Wildman–Crippen MR) is 52.4 cm³/mol. The summed E-state index contributed by atoms with van der Waals surface area (Å²) in [4.78, 5) is 13.7. The van der Waals surface area contributed by atoms with Crippen LogP contribution in [0.15, 0.2) is 6.07 Å². The summed E-state index contributed by atoms with van der Waals surface area (Å²) in [5.74, 6) is -4.48. The van der Waals surface area contributed by atoms with Crippen molar-refractivity contribution in [3.63, 3.8) is 0 Å². The minimum atomic E-state index is -5.43. The molecule has 0 saturated heterocycles. The Kier molecular flexibility index (Phi) is 4.37. The van der Waals surface area contributed by atoms with Gasteiger partial charge in [0.25, 0.3) is 0 Å². The smallest absolute Gasteiger partial charge is 0.477 e. The maximum Gasteiger partial charge on any atom is 0.573 e. The van der Waals surface area contributed by atoms with Gasteiger partial charge in [-0.15, -0.1) is 24.8 Å². The van der Waals surface area contributed by atoms with Gasteiger partial charge in [-0.1, -0.05) is 0 Å². The van der Waals surface area contributed by atoms with E-state index >= 15 is 0 Å². The number of hydrogen-bond acceptors (Lipinski definition) is 3. The van der Waals surface area contributed by atoms with Gasteiger partial charge in [-0.2, -0.15) is 13.2 Å². The van der Waals surface area contributed by atoms with Gasteiger partial charge in [0.2, 0.25) is 0 Å². The van der Waals surface area contributed by atoms with Crippen LogP contribution in [0.4, 0.5) is 26.3 Å². The number of rotatable bonds is 3. The first-order valence-corrected chi connectivity index (χ1v) is 5.15. The highest BCUT2D eigenvalue weighted by molar-refractivity contribution is 6.17. The van der Waals surface area contributed by atoms with Crippen LogP contribution in [0, 0.1) is 0 Å². The van der Waals surface area contributed by atoms with Crippen LogP contribution in [0.25, 0.3) is 0 Å². The summed E-state index contributed by atoms with van der Waals surface area (Å²) in [6.07, 6.45) is -10.7. The molecular weight excluding hydrogens is 320 g/mol. The van der Waals surface area contributed by atoms with E-state index in [-0.39, 0.29) is 6.07 Å². The lowest BCUT2D eigenvalue weighted by molar-refractivity contribution is -0.276. The molecule has 1 rings (SSSR count). The van der Waals surface area contributed by atoms with Gasteiger partial charge in [-0.25, -0.2) is 9.78 Å². The third kappa shape index (κ3) is 3.89. The Morgan fingerprint density at radius 1 is 1.30 bits per heavy atom. The number of hydrogen-bond donors (Lipinski definition) is 1. The number of alkyl halides is 7. The molecule has 0 radical (unpaired) electrons. The molecule has 112 valence electrons. The van der Waals surface area contributed by atoms with Crippen molar-refractivity contribution in [1.29, 1.82) is 0 Å². The van der Waals surface area contributed by atoms with Gasteiger partial charge in [0.15, 0.2) is 5.69 Å². The number of carboxylic acid groups (broad SMARTS) is 1. The molecule has 20 heavy (non-hydrogen) atoms. The molecule has 0 saturated carbocycles. The highest BCUT2D eigenvalue weighted by Crippen LogP contribution is 2.41. The minimum Gasteiger partial charge on any atom is -0.477 e. The zero-order chi connectivity index (χ0) is 15.7. The number of aromatic nitrogens is 1. The van der Waals surface area contributed by atoms with Crippen LogP contribution in [0.2, 0.25) is 0 Å². The SMILES string of the molecule is O=C(O)c1cc(OC(F)(F)F)c(C(F)(F)F)c(CCl)n1. The molecule has 1 heterocycles. The Hall–Kier alpha value is -1.71. The molecule has 0 aliphatic rings. The predicted octanol–water partition coefficient (Wildman–Crippen LogP) is 3.44. The van der Waals surface area contributed by atoms with Crippen LogP contribution < -0.4 is 4.74 Å². The van der Waals surface area contributed by atoms with Gasteiger partial charge in [0.05, 0.1) is 11.6 Å². The minimum absolute atomic E-state index is 0.0364. The van der Waals surface area contributed by atoms with E-state index in [0.29, 0.717) is 0 Å². The molecule has 4 nitrogen and oxygen atoms in total. The quantitative estimate of drug-likeness (QED) is 0.684. The molecule has 0 amide bonds. The summed E-state index contributed by atoms with van der Waals surface area (Å²) in [6, 6.07) is 0.0364. The fraction of sp³-hybridized carbons (Fsp3) is 0.333. The lowest BCUT2D eigenvalue weighted by Crippen LogP contribution is -2.22. The lowest BCUT2D eigenvalue weighted by Gasteiger charge is -2.17. The number of carboxylic acids is 1. The van der Waals surface area contributed by atoms with Crippen LogP contribution in [-0.4, -0.2) is 22.4 Å². The zero-order valence-electron chi connectivity index (χ0n) is 9.14. The maximum absolute atomic E-state index is 12.7. The molecule has 0 aliphatic heterocycles. The van der Waals surface area contributed by atoms with E-state index in [1.807, 2.05) is 0 Å². The highest BCUT2D eigenvalue weighted by atomic mass is 35.5. The first kappa shape index (κ1) is 16.3. The topological polar surface area (TPSA) is 59.4 Å². The van der Waals surface area contributed by atoms with E-state index in [9.17, 15) is 31.1 Å². The van der Waals surface area contributed by atoms with E-state index in [1.165, 1.54) is 0 Å². The summed E-state index contributed by atoms with van der Waals surface area (Å²) in [5, 5.41) is 8.60. The second-order valence-corrected chi connectivity index (χ2v) is 3.58. The lowest BCUT2D eigenvalue weighted by atomic mass is 10.1. The zero-order valence-corrected chi connectivity index (χ0v) is 9.90. The number of nitrogens with zero attached hydrogens (tertiary/aromatic N) is 1. The standard InChI is InChI=1S/C9H4ClF6NO3/c10-2-4-6(8(11,12)13)5(20-9(14,15)16)1-3(17-4)7(18)19/h1H,2H2,(H,18,19). The molecule has 0 atom stereocenters. The Labute approximate surface area is 111 Å². The monoisotopic (exact) mass is 323 g/mol. The van der Waals surface area contributed by atoms with Gasteiger partial charge in [0.1, 0.15) is 11.3 Å². The van der Waals surface area contributed by atoms with Crippen LogP contribution in [0.5, 0.6) is 5.75 Å². The first-order chi connectivity index (χ1) is 8.95. The van der Waals surface area contributed by atoms with Crippen molar-refractivity contribution in [3.05, 3.63) is 23.0 Å². The van der Waals surface area contributed by atoms with Gasteiger partial charge in [-0.05, 0) is 0 Å². The van der Waals surface area contributed by atoms with Gasteiger partial charge in [-0.3, -0.25) is 0 Å². The highest BCUT2D eigenvalue weighted by Gasteiger charge is 2.42. The molecule has 11 heteroatoms. The first-order valence-electron chi connectivity index (χ1n) is 4.62. The Bertz CT molecular complexity index is 528. The summed E-state index contributed by atoms with van der Waals surface area (Å²) in [7, 11) is 0. The third-order valence-corrected chi connectivity index (χ3v) is 2.17. The normalized spacial score (nSPS) is 12.3. The Morgan fingerprint density at radius 2 is 1.85 bits per heavy atom. The Morgan fingerprint density at radius 3 is 2.20 bits per heavy atom. The van der Waals surface area contributed by atoms with Gasteiger partial charge < -0.3 is 9.84 Å². The van der Waals surface area contributed by atoms with Crippen molar-refractivity contribution in [1.82, 2.24) is 4.98 Å². The van der Waals surface area contributed by atoms with Crippen LogP contribution >= 0.6 is 11.6 Å². The van der Waals surface area contributed by atoms with E-state index in [4.69, 9.17) is 16.7 Å². The number of aromatic carboxylic acids is 1. The molecule has 1 aromatic rings. The summed E-state index contributed by atoms with van der Waals surface area (Å²) >= 11 is 5.17. The van der Waals surface area contributed by atoms with Crippen molar-refractivity contribution < 1.29 is 41.0 Å². The number of pyridine rings is 1. The van der Waals surface area contributed by atoms with Crippen LogP contribution in [0.1, 0.15) is 21.7 Å². The number of ether oxygens (including phenoxy) is 1. The molecule has 0 spiro atoms. The second-order valence-electron chi connectivity index (χ2n) is 3.31. The molecule has 0 unspecified atom stereocenters. The van der Waals surface area contributed by atoms with E-state index in [1.54, 1.807) is 0 Å². The van der Waals surface area contributed by atoms with Crippen LogP contribution in [0.3, 0.4) is 0 Å². The summed E-state index contributed by atoms with van der Waals surface area (Å²) < 4.78 is 77.6. The molecule has 0 aliphatic carbocycles. The molecule has 0 fully saturated rings. The molecule has 0 bridgehead atoms. The average Bonchev–Trinajstić information content (AvgIpc) is 2.23. The average molecular weight is 324 g/mol. The largest absolute Gasteiger partial charge is 0.573 e. The maximum atomic E-state index is 12.7. The van der Waals surface area contributed by atoms with Crippen LogP contribution in [-0.2, 0) is 12.1 Å². The molecular formula is C9H4ClF6NO3. The molecule has 0 aromatic carbocycles. The van der Waals surface area contributed by atoms with Crippen molar-refractivity contribution >= 4 is 17.6 Å². The van der Waals surface area contributed by atoms with Crippen molar-refractivity contribution in [2.75, 3.05) is 0 Å². The number of carbonyl (C=O) groups is 1. The van der Waals surface area contributed by atoms with Gasteiger partial charge in [0, 0.05) is 6.07 Å². The van der Waals surface area contributed by atoms with E-state index in [0.717, 1.165) is 0 Å². The van der Waals surface area contributed by atoms with Gasteiger partial charge >= 0.3 is 18.5 Å². The van der Waals surface area contributed by atoms with Crippen molar-refractivity contribution in [3.8, 4) is 5.75 Å². The number of halogens is 7. The third-order valence-electron chi connectivity index (χ3n) is 1.91. The molecule has 1 N–H and O–H groups in total. The van der Waals surface area contributed by atoms with E-state index in [2.05, 4.69) is 9.72 Å². The van der Waals surface area contributed by atoms with E-state index < -0.39 is 47.1 Å². The van der Waals surface area contributed by atoms with Crippen molar-refractivity contribution in [2.45, 2.75) is 18.4 Å². The molecule has 1 aromatic heterocycles. The second kappa shape index (κ2) is 5.35. The fourth-order valence-corrected chi connectivity index (χ4v) is 1.48. The van der Waals surface area contributed by atoms with Crippen molar-refractivity contribution in [2.24, 2.45) is 0 Å². The fourth-order valence-electron chi connectivity index (χ4n) is 1.29.